The Kier molecular flexibility index (Phi) is 2.95. The molecule has 0 fully saturated rings. The van der Waals surface area contributed by atoms with Gasteiger partial charge in [0.1, 0.15) is 11.5 Å². The molecule has 0 aliphatic carbocycles. The summed E-state index contributed by atoms with van der Waals surface area (Å²) in [6.45, 7) is 1.35. The average Bonchev–Trinajstić information content (AvgIpc) is 2.28. The van der Waals surface area contributed by atoms with E-state index in [1.54, 1.807) is 24.4 Å². The van der Waals surface area contributed by atoms with Crippen LogP contribution in [0.3, 0.4) is 0 Å². The van der Waals surface area contributed by atoms with Gasteiger partial charge in [0, 0.05) is 19.2 Å². The van der Waals surface area contributed by atoms with Crippen molar-refractivity contribution in [2.75, 3.05) is 5.32 Å². The number of carbonyl (C=O) groups excluding carboxylic acids is 1. The zero-order valence-corrected chi connectivity index (χ0v) is 9.10. The van der Waals surface area contributed by atoms with Crippen molar-refractivity contribution >= 4 is 11.7 Å². The Morgan fingerprint density at radius 3 is 2.88 bits per heavy atom. The third-order valence-electron chi connectivity index (χ3n) is 1.95. The minimum absolute atomic E-state index is 0.210. The fraction of sp³-hybridized carbons (Fsp3) is 0.0909. The van der Waals surface area contributed by atoms with Crippen molar-refractivity contribution in [2.45, 2.75) is 6.92 Å². The molecule has 0 bridgehead atoms. The van der Waals surface area contributed by atoms with Crippen LogP contribution < -0.4 is 10.9 Å². The maximum absolute atomic E-state index is 11.4. The minimum atomic E-state index is -0.343. The highest BCUT2D eigenvalue weighted by Crippen LogP contribution is 2.10. The predicted octanol–water partition coefficient (Wildman–Crippen LogP) is 0.790. The van der Waals surface area contributed by atoms with Crippen LogP contribution in [0, 0.1) is 0 Å². The van der Waals surface area contributed by atoms with Crippen LogP contribution in [-0.4, -0.2) is 20.9 Å². The van der Waals surface area contributed by atoms with E-state index in [1.807, 2.05) is 0 Å². The highest BCUT2D eigenvalue weighted by molar-refractivity contribution is 5.87. The third-order valence-corrected chi connectivity index (χ3v) is 1.95. The number of pyridine rings is 1. The van der Waals surface area contributed by atoms with Crippen LogP contribution in [0.1, 0.15) is 6.92 Å². The monoisotopic (exact) mass is 230 g/mol. The molecule has 17 heavy (non-hydrogen) atoms. The Labute approximate surface area is 96.8 Å². The molecule has 2 rings (SSSR count). The number of aromatic nitrogens is 3. The first-order valence-electron chi connectivity index (χ1n) is 4.95. The Balaban J connectivity index is 2.45. The zero-order chi connectivity index (χ0) is 12.3. The first-order valence-corrected chi connectivity index (χ1v) is 4.95. The number of carbonyl (C=O) groups is 1. The molecule has 2 N–H and O–H groups in total. The van der Waals surface area contributed by atoms with Crippen molar-refractivity contribution in [3.8, 4) is 11.5 Å². The quantitative estimate of drug-likeness (QED) is 0.798. The predicted molar refractivity (Wildman–Crippen MR) is 62.4 cm³/mol. The zero-order valence-electron chi connectivity index (χ0n) is 9.10. The summed E-state index contributed by atoms with van der Waals surface area (Å²) in [4.78, 5) is 33.0. The molecule has 2 heterocycles. The van der Waals surface area contributed by atoms with Crippen molar-refractivity contribution in [1.29, 1.82) is 0 Å². The van der Waals surface area contributed by atoms with Crippen molar-refractivity contribution < 1.29 is 4.79 Å². The SMILES string of the molecule is CC(=O)Nc1cc(=O)[nH]c(-c2ccccn2)n1. The maximum atomic E-state index is 11.4. The Bertz CT molecular complexity index is 592. The van der Waals surface area contributed by atoms with Crippen LogP contribution in [0.15, 0.2) is 35.3 Å². The van der Waals surface area contributed by atoms with E-state index in [4.69, 9.17) is 0 Å². The number of nitrogens with zero attached hydrogens (tertiary/aromatic N) is 2. The van der Waals surface area contributed by atoms with Gasteiger partial charge in [-0.2, -0.15) is 0 Å². The van der Waals surface area contributed by atoms with Gasteiger partial charge in [0.15, 0.2) is 5.82 Å². The van der Waals surface area contributed by atoms with E-state index in [9.17, 15) is 9.59 Å². The van der Waals surface area contributed by atoms with Crippen LogP contribution in [0.5, 0.6) is 0 Å². The molecule has 0 atom stereocenters. The van der Waals surface area contributed by atoms with Gasteiger partial charge >= 0.3 is 0 Å². The molecule has 1 amide bonds. The number of nitrogens with one attached hydrogen (secondary N) is 2. The van der Waals surface area contributed by atoms with Gasteiger partial charge in [0.2, 0.25) is 5.91 Å². The number of anilines is 1. The van der Waals surface area contributed by atoms with E-state index in [1.165, 1.54) is 13.0 Å². The van der Waals surface area contributed by atoms with E-state index in [2.05, 4.69) is 20.3 Å². The summed E-state index contributed by atoms with van der Waals surface area (Å²) in [5, 5.41) is 2.46. The van der Waals surface area contributed by atoms with Crippen LogP contribution in [0.25, 0.3) is 11.5 Å². The fourth-order valence-corrected chi connectivity index (χ4v) is 1.33. The van der Waals surface area contributed by atoms with Crippen molar-refractivity contribution in [2.24, 2.45) is 0 Å². The Hall–Kier alpha value is -2.50. The first kappa shape index (κ1) is 11.0. The number of aromatic amines is 1. The largest absolute Gasteiger partial charge is 0.311 e. The van der Waals surface area contributed by atoms with Gasteiger partial charge in [0.05, 0.1) is 0 Å². The number of hydrogen-bond donors (Lipinski definition) is 2. The lowest BCUT2D eigenvalue weighted by atomic mass is 10.3. The lowest BCUT2D eigenvalue weighted by Gasteiger charge is -2.03. The van der Waals surface area contributed by atoms with Gasteiger partial charge in [-0.15, -0.1) is 0 Å². The van der Waals surface area contributed by atoms with E-state index in [0.717, 1.165) is 0 Å². The second-order valence-corrected chi connectivity index (χ2v) is 3.38. The molecule has 0 radical (unpaired) electrons. The average molecular weight is 230 g/mol. The number of amides is 1. The first-order chi connectivity index (χ1) is 8.15. The van der Waals surface area contributed by atoms with Crippen LogP contribution in [0.4, 0.5) is 5.82 Å². The molecule has 0 saturated carbocycles. The molecule has 86 valence electrons. The number of rotatable bonds is 2. The summed E-state index contributed by atoms with van der Waals surface area (Å²) < 4.78 is 0. The standard InChI is InChI=1S/C11H10N4O2/c1-7(16)13-9-6-10(17)15-11(14-9)8-4-2-3-5-12-8/h2-6H,1H3,(H2,13,14,15,16,17). The lowest BCUT2D eigenvalue weighted by molar-refractivity contribution is -0.114. The summed E-state index contributed by atoms with van der Waals surface area (Å²) in [5.74, 6) is 0.249. The molecular formula is C11H10N4O2. The molecule has 2 aromatic heterocycles. The molecule has 0 aliphatic heterocycles. The van der Waals surface area contributed by atoms with E-state index < -0.39 is 0 Å². The Morgan fingerprint density at radius 1 is 1.41 bits per heavy atom. The lowest BCUT2D eigenvalue weighted by Crippen LogP contribution is -2.14. The maximum Gasteiger partial charge on any atom is 0.253 e. The molecule has 0 aromatic carbocycles. The summed E-state index contributed by atoms with van der Waals surface area (Å²) in [6.07, 6.45) is 1.60. The van der Waals surface area contributed by atoms with Crippen LogP contribution >= 0.6 is 0 Å². The van der Waals surface area contributed by atoms with Gasteiger partial charge in [-0.05, 0) is 12.1 Å². The van der Waals surface area contributed by atoms with E-state index >= 15 is 0 Å². The van der Waals surface area contributed by atoms with E-state index in [0.29, 0.717) is 11.5 Å². The van der Waals surface area contributed by atoms with Crippen molar-refractivity contribution in [3.05, 3.63) is 40.8 Å². The molecule has 6 nitrogen and oxygen atoms in total. The molecule has 6 heteroatoms. The molecule has 0 saturated heterocycles. The van der Waals surface area contributed by atoms with Gasteiger partial charge < -0.3 is 10.3 Å². The number of hydrogen-bond acceptors (Lipinski definition) is 4. The van der Waals surface area contributed by atoms with Gasteiger partial charge in [-0.1, -0.05) is 6.07 Å². The molecular weight excluding hydrogens is 220 g/mol. The van der Waals surface area contributed by atoms with Gasteiger partial charge in [-0.3, -0.25) is 14.6 Å². The normalized spacial score (nSPS) is 9.94. The third kappa shape index (κ3) is 2.75. The highest BCUT2D eigenvalue weighted by Gasteiger charge is 2.05. The molecule has 0 aliphatic rings. The van der Waals surface area contributed by atoms with E-state index in [-0.39, 0.29) is 17.3 Å². The van der Waals surface area contributed by atoms with Crippen LogP contribution in [0.2, 0.25) is 0 Å². The number of H-pyrrole nitrogens is 1. The molecule has 0 unspecified atom stereocenters. The summed E-state index contributed by atoms with van der Waals surface area (Å²) >= 11 is 0. The van der Waals surface area contributed by atoms with Crippen molar-refractivity contribution in [3.63, 3.8) is 0 Å². The van der Waals surface area contributed by atoms with Crippen molar-refractivity contribution in [1.82, 2.24) is 15.0 Å². The highest BCUT2D eigenvalue weighted by atomic mass is 16.1. The summed E-state index contributed by atoms with van der Waals surface area (Å²) in [7, 11) is 0. The van der Waals surface area contributed by atoms with Gasteiger partial charge in [-0.25, -0.2) is 4.98 Å². The Morgan fingerprint density at radius 2 is 2.24 bits per heavy atom. The topological polar surface area (TPSA) is 87.7 Å². The smallest absolute Gasteiger partial charge is 0.253 e. The second kappa shape index (κ2) is 4.56. The molecule has 2 aromatic rings. The minimum Gasteiger partial charge on any atom is -0.311 e. The van der Waals surface area contributed by atoms with Crippen LogP contribution in [-0.2, 0) is 4.79 Å². The molecule has 0 spiro atoms. The second-order valence-electron chi connectivity index (χ2n) is 3.38. The van der Waals surface area contributed by atoms with Gasteiger partial charge in [0.25, 0.3) is 5.56 Å². The summed E-state index contributed by atoms with van der Waals surface area (Å²) in [5.41, 5.74) is 0.196. The summed E-state index contributed by atoms with van der Waals surface area (Å²) in [6, 6.07) is 6.48. The fourth-order valence-electron chi connectivity index (χ4n) is 1.33.